The van der Waals surface area contributed by atoms with Gasteiger partial charge < -0.3 is 15.1 Å². The number of aliphatic carboxylic acids is 2. The molecule has 2 aliphatic heterocycles. The summed E-state index contributed by atoms with van der Waals surface area (Å²) >= 11 is 0. The molecule has 2 aliphatic rings. The highest BCUT2D eigenvalue weighted by molar-refractivity contribution is 6.02. The smallest absolute Gasteiger partial charge is 0.328 e. The largest absolute Gasteiger partial charge is 0.478 e. The molecule has 1 aromatic rings. The van der Waals surface area contributed by atoms with Gasteiger partial charge in [-0.05, 0) is 31.0 Å². The van der Waals surface area contributed by atoms with Crippen LogP contribution in [0, 0.1) is 0 Å². The summed E-state index contributed by atoms with van der Waals surface area (Å²) in [6, 6.07) is 6.79. The van der Waals surface area contributed by atoms with E-state index in [9.17, 15) is 14.4 Å². The molecule has 7 nitrogen and oxygen atoms in total. The number of nitrogens with zero attached hydrogens (tertiary/aromatic N) is 2. The van der Waals surface area contributed by atoms with Crippen molar-refractivity contribution in [3.63, 3.8) is 0 Å². The maximum atomic E-state index is 12.1. The topological polar surface area (TPSA) is 98.2 Å². The third kappa shape index (κ3) is 4.70. The van der Waals surface area contributed by atoms with Gasteiger partial charge in [0.05, 0.1) is 12.1 Å². The first kappa shape index (κ1) is 19.7. The van der Waals surface area contributed by atoms with Crippen molar-refractivity contribution < 1.29 is 24.6 Å². The molecule has 0 radical (unpaired) electrons. The number of benzene rings is 1. The number of hydrogen-bond donors (Lipinski definition) is 2. The van der Waals surface area contributed by atoms with Crippen molar-refractivity contribution in [2.24, 2.45) is 0 Å². The summed E-state index contributed by atoms with van der Waals surface area (Å²) in [4.78, 5) is 35.7. The maximum absolute atomic E-state index is 12.1. The zero-order valence-corrected chi connectivity index (χ0v) is 15.0. The molecule has 140 valence electrons. The predicted molar refractivity (Wildman–Crippen MR) is 97.1 cm³/mol. The Hall–Kier alpha value is -2.67. The minimum absolute atomic E-state index is 0.266. The van der Waals surface area contributed by atoms with Gasteiger partial charge in [-0.25, -0.2) is 9.59 Å². The summed E-state index contributed by atoms with van der Waals surface area (Å²) in [7, 11) is 0. The van der Waals surface area contributed by atoms with Crippen LogP contribution in [0.2, 0.25) is 0 Å². The lowest BCUT2D eigenvalue weighted by Crippen LogP contribution is -2.41. The molecular weight excluding hydrogens is 336 g/mol. The van der Waals surface area contributed by atoms with Crippen LogP contribution >= 0.6 is 0 Å². The highest BCUT2D eigenvalue weighted by Crippen LogP contribution is 2.36. The molecule has 0 aliphatic carbocycles. The van der Waals surface area contributed by atoms with E-state index in [1.165, 1.54) is 16.8 Å². The van der Waals surface area contributed by atoms with Crippen molar-refractivity contribution in [3.05, 3.63) is 41.5 Å². The Morgan fingerprint density at radius 2 is 1.81 bits per heavy atom. The van der Waals surface area contributed by atoms with Gasteiger partial charge in [0, 0.05) is 31.3 Å². The van der Waals surface area contributed by atoms with Crippen LogP contribution in [0.4, 0.5) is 5.69 Å². The van der Waals surface area contributed by atoms with Gasteiger partial charge in [0.2, 0.25) is 5.91 Å². The first-order valence-electron chi connectivity index (χ1n) is 8.62. The quantitative estimate of drug-likeness (QED) is 0.796. The fourth-order valence-corrected chi connectivity index (χ4v) is 3.32. The number of para-hydroxylation sites is 1. The third-order valence-corrected chi connectivity index (χ3v) is 4.44. The van der Waals surface area contributed by atoms with Gasteiger partial charge in [-0.3, -0.25) is 9.69 Å². The van der Waals surface area contributed by atoms with Crippen LogP contribution < -0.4 is 4.90 Å². The zero-order chi connectivity index (χ0) is 19.3. The van der Waals surface area contributed by atoms with Gasteiger partial charge in [0.25, 0.3) is 0 Å². The van der Waals surface area contributed by atoms with Crippen LogP contribution in [0.5, 0.6) is 0 Å². The van der Waals surface area contributed by atoms with Gasteiger partial charge >= 0.3 is 11.9 Å². The molecule has 2 heterocycles. The van der Waals surface area contributed by atoms with E-state index < -0.39 is 11.9 Å². The maximum Gasteiger partial charge on any atom is 0.328 e. The average molecular weight is 360 g/mol. The number of hydrogen-bond acceptors (Lipinski definition) is 4. The molecular formula is C19H24N2O5. The summed E-state index contributed by atoms with van der Waals surface area (Å²) < 4.78 is 0. The lowest BCUT2D eigenvalue weighted by molar-refractivity contribution is -0.134. The minimum atomic E-state index is -1.26. The third-order valence-electron chi connectivity index (χ3n) is 4.44. The Morgan fingerprint density at radius 3 is 2.38 bits per heavy atom. The number of carboxylic acid groups (broad SMARTS) is 2. The van der Waals surface area contributed by atoms with Gasteiger partial charge in [0.15, 0.2) is 0 Å². The van der Waals surface area contributed by atoms with Crippen LogP contribution in [0.25, 0.3) is 0 Å². The van der Waals surface area contributed by atoms with Crippen molar-refractivity contribution >= 4 is 23.5 Å². The first-order chi connectivity index (χ1) is 12.3. The monoisotopic (exact) mass is 360 g/mol. The number of amides is 1. The Balaban J connectivity index is 0.000000260. The standard InChI is InChI=1S/C15H20N2O.C4H4O4/c1-3-7-16-10-13-6-4-5-12-8-14(18)17(15(12)13)9-11(16)2;5-3(6)1-2-4(7)8/h4-6,11H,3,7-10H2,1-2H3;1-2H,(H,5,6)(H,7,8)/b;2-1+. The Labute approximate surface area is 152 Å². The predicted octanol–water partition coefficient (Wildman–Crippen LogP) is 1.90. The molecule has 1 amide bonds. The number of anilines is 1. The van der Waals surface area contributed by atoms with Crippen LogP contribution in [0.1, 0.15) is 31.4 Å². The molecule has 1 atom stereocenters. The van der Waals surface area contributed by atoms with E-state index >= 15 is 0 Å². The second-order valence-corrected chi connectivity index (χ2v) is 6.44. The van der Waals surface area contributed by atoms with Crippen molar-refractivity contribution in [2.75, 3.05) is 18.0 Å². The number of carbonyl (C=O) groups excluding carboxylic acids is 1. The Kier molecular flexibility index (Phi) is 6.52. The van der Waals surface area contributed by atoms with Crippen molar-refractivity contribution in [2.45, 2.75) is 39.3 Å². The van der Waals surface area contributed by atoms with E-state index in [2.05, 4.69) is 36.9 Å². The molecule has 0 bridgehead atoms. The minimum Gasteiger partial charge on any atom is -0.478 e. The van der Waals surface area contributed by atoms with E-state index in [0.29, 0.717) is 24.6 Å². The van der Waals surface area contributed by atoms with Crippen LogP contribution in [0.15, 0.2) is 30.4 Å². The molecule has 1 aromatic carbocycles. The number of carbonyl (C=O) groups is 3. The molecule has 3 rings (SSSR count). The summed E-state index contributed by atoms with van der Waals surface area (Å²) in [6.45, 7) is 7.36. The van der Waals surface area contributed by atoms with E-state index in [1.807, 2.05) is 4.90 Å². The summed E-state index contributed by atoms with van der Waals surface area (Å²) in [5, 5.41) is 15.6. The molecule has 0 saturated carbocycles. The molecule has 26 heavy (non-hydrogen) atoms. The molecule has 0 aromatic heterocycles. The first-order valence-corrected chi connectivity index (χ1v) is 8.62. The van der Waals surface area contributed by atoms with Gasteiger partial charge in [-0.15, -0.1) is 0 Å². The summed E-state index contributed by atoms with van der Waals surface area (Å²) in [5.41, 5.74) is 3.73. The van der Waals surface area contributed by atoms with Gasteiger partial charge in [-0.2, -0.15) is 0 Å². The molecule has 7 heteroatoms. The van der Waals surface area contributed by atoms with Crippen LogP contribution in [-0.4, -0.2) is 52.1 Å². The highest BCUT2D eigenvalue weighted by atomic mass is 16.4. The zero-order valence-electron chi connectivity index (χ0n) is 15.0. The van der Waals surface area contributed by atoms with E-state index in [-0.39, 0.29) is 5.91 Å². The van der Waals surface area contributed by atoms with Crippen molar-refractivity contribution in [1.29, 1.82) is 0 Å². The SMILES string of the molecule is CCCN1Cc2cccc3c2N(CC1C)C(=O)C3.O=C(O)/C=C/C(=O)O. The molecule has 1 unspecified atom stereocenters. The molecule has 0 fully saturated rings. The fraction of sp³-hybridized carbons (Fsp3) is 0.421. The van der Waals surface area contributed by atoms with E-state index in [0.717, 1.165) is 26.1 Å². The summed E-state index contributed by atoms with van der Waals surface area (Å²) in [6.07, 6.45) is 2.86. The number of rotatable bonds is 4. The second-order valence-electron chi connectivity index (χ2n) is 6.44. The van der Waals surface area contributed by atoms with E-state index in [4.69, 9.17) is 10.2 Å². The molecule has 2 N–H and O–H groups in total. The normalized spacial score (nSPS) is 18.9. The molecule has 0 spiro atoms. The van der Waals surface area contributed by atoms with Gasteiger partial charge in [0.1, 0.15) is 0 Å². The van der Waals surface area contributed by atoms with Crippen molar-refractivity contribution in [3.8, 4) is 0 Å². The fourth-order valence-electron chi connectivity index (χ4n) is 3.32. The second kappa shape index (κ2) is 8.62. The summed E-state index contributed by atoms with van der Waals surface area (Å²) in [5.74, 6) is -2.25. The lowest BCUT2D eigenvalue weighted by Gasteiger charge is -2.27. The van der Waals surface area contributed by atoms with Crippen LogP contribution in [0.3, 0.4) is 0 Å². The van der Waals surface area contributed by atoms with Crippen molar-refractivity contribution in [1.82, 2.24) is 4.90 Å². The van der Waals surface area contributed by atoms with E-state index in [1.54, 1.807) is 0 Å². The average Bonchev–Trinajstić information content (AvgIpc) is 2.81. The molecule has 0 saturated heterocycles. The highest BCUT2D eigenvalue weighted by Gasteiger charge is 2.34. The number of carboxylic acids is 2. The lowest BCUT2D eigenvalue weighted by atomic mass is 10.1. The van der Waals surface area contributed by atoms with Gasteiger partial charge in [-0.1, -0.05) is 25.1 Å². The Morgan fingerprint density at radius 1 is 1.19 bits per heavy atom. The van der Waals surface area contributed by atoms with Crippen LogP contribution in [-0.2, 0) is 27.3 Å². The Bertz CT molecular complexity index is 713.